The van der Waals surface area contributed by atoms with E-state index in [-0.39, 0.29) is 0 Å². The molecule has 2 aromatic rings. The minimum atomic E-state index is -0.441. The first-order chi connectivity index (χ1) is 7.97. The fraction of sp³-hybridized carbons (Fsp3) is 0.545. The highest BCUT2D eigenvalue weighted by molar-refractivity contribution is 5.05. The third kappa shape index (κ3) is 2.71. The van der Waals surface area contributed by atoms with Gasteiger partial charge in [-0.05, 0) is 20.8 Å². The molecular weight excluding hydrogens is 216 g/mol. The molecule has 0 saturated carbocycles. The second-order valence-electron chi connectivity index (χ2n) is 4.76. The molecule has 17 heavy (non-hydrogen) atoms. The van der Waals surface area contributed by atoms with E-state index >= 15 is 0 Å². The molecule has 2 N–H and O–H groups in total. The highest BCUT2D eigenvalue weighted by atomic mass is 15.4. The van der Waals surface area contributed by atoms with Crippen LogP contribution in [0.5, 0.6) is 0 Å². The summed E-state index contributed by atoms with van der Waals surface area (Å²) in [5, 5.41) is 8.14. The van der Waals surface area contributed by atoms with Crippen LogP contribution in [-0.2, 0) is 18.6 Å². The predicted octanol–water partition coefficient (Wildman–Crippen LogP) is 0.677. The minimum absolute atomic E-state index is 0.441. The summed E-state index contributed by atoms with van der Waals surface area (Å²) in [6.07, 6.45) is 5.65. The summed E-state index contributed by atoms with van der Waals surface area (Å²) in [6, 6.07) is 0. The van der Waals surface area contributed by atoms with Crippen LogP contribution in [0.15, 0.2) is 18.6 Å². The van der Waals surface area contributed by atoms with E-state index in [9.17, 15) is 0 Å². The van der Waals surface area contributed by atoms with Crippen molar-refractivity contribution in [1.82, 2.24) is 24.5 Å². The van der Waals surface area contributed by atoms with E-state index in [1.165, 1.54) is 0 Å². The largest absolute Gasteiger partial charge is 0.333 e. The number of aromatic nitrogens is 5. The first-order valence-corrected chi connectivity index (χ1v) is 5.64. The number of nitrogens with two attached hydrogens (primary N) is 1. The number of hydrogen-bond donors (Lipinski definition) is 1. The molecule has 92 valence electrons. The van der Waals surface area contributed by atoms with Crippen molar-refractivity contribution in [2.75, 3.05) is 0 Å². The van der Waals surface area contributed by atoms with Crippen molar-refractivity contribution >= 4 is 0 Å². The molecule has 0 aliphatic rings. The molecular formula is C11H18N6. The molecule has 2 aromatic heterocycles. The van der Waals surface area contributed by atoms with Crippen LogP contribution in [0.4, 0.5) is 0 Å². The van der Waals surface area contributed by atoms with Crippen molar-refractivity contribution in [2.24, 2.45) is 5.73 Å². The van der Waals surface area contributed by atoms with Gasteiger partial charge in [0.25, 0.3) is 0 Å². The molecule has 6 nitrogen and oxygen atoms in total. The summed E-state index contributed by atoms with van der Waals surface area (Å²) >= 11 is 0. The lowest BCUT2D eigenvalue weighted by molar-refractivity contribution is 0.512. The normalized spacial score (nSPS) is 12.0. The van der Waals surface area contributed by atoms with E-state index in [0.717, 1.165) is 24.6 Å². The molecule has 0 spiro atoms. The first kappa shape index (κ1) is 11.8. The van der Waals surface area contributed by atoms with Crippen LogP contribution in [0.1, 0.15) is 25.4 Å². The molecule has 6 heteroatoms. The van der Waals surface area contributed by atoms with Gasteiger partial charge in [0.1, 0.15) is 11.5 Å². The summed E-state index contributed by atoms with van der Waals surface area (Å²) in [6.45, 7) is 7.42. The zero-order valence-electron chi connectivity index (χ0n) is 10.5. The third-order valence-electron chi connectivity index (χ3n) is 2.69. The van der Waals surface area contributed by atoms with Gasteiger partial charge in [-0.1, -0.05) is 5.21 Å². The Bertz CT molecular complexity index is 490. The Morgan fingerprint density at radius 3 is 2.65 bits per heavy atom. The Labute approximate surface area is 100 Å². The highest BCUT2D eigenvalue weighted by Gasteiger charge is 2.18. The Morgan fingerprint density at radius 2 is 2.12 bits per heavy atom. The molecule has 0 unspecified atom stereocenters. The van der Waals surface area contributed by atoms with Crippen LogP contribution in [0.2, 0.25) is 0 Å². The maximum atomic E-state index is 5.95. The first-order valence-electron chi connectivity index (χ1n) is 5.64. The van der Waals surface area contributed by atoms with Gasteiger partial charge in [-0.25, -0.2) is 4.98 Å². The van der Waals surface area contributed by atoms with Crippen LogP contribution < -0.4 is 5.73 Å². The van der Waals surface area contributed by atoms with Crippen LogP contribution >= 0.6 is 0 Å². The molecule has 0 aromatic carbocycles. The van der Waals surface area contributed by atoms with Crippen molar-refractivity contribution < 1.29 is 0 Å². The van der Waals surface area contributed by atoms with E-state index in [4.69, 9.17) is 5.73 Å². The second kappa shape index (κ2) is 4.29. The highest BCUT2D eigenvalue weighted by Crippen LogP contribution is 2.12. The SMILES string of the molecule is Cc1nccn1CCn1cc(C(C)(C)N)nn1. The lowest BCUT2D eigenvalue weighted by Crippen LogP contribution is -2.29. The van der Waals surface area contributed by atoms with E-state index < -0.39 is 5.54 Å². The number of rotatable bonds is 4. The van der Waals surface area contributed by atoms with E-state index in [0.29, 0.717) is 0 Å². The molecule has 0 fully saturated rings. The number of nitrogens with zero attached hydrogens (tertiary/aromatic N) is 5. The summed E-state index contributed by atoms with van der Waals surface area (Å²) in [7, 11) is 0. The monoisotopic (exact) mass is 234 g/mol. The van der Waals surface area contributed by atoms with Gasteiger partial charge in [0, 0.05) is 18.9 Å². The molecule has 0 bridgehead atoms. The number of imidazole rings is 1. The smallest absolute Gasteiger partial charge is 0.105 e. The molecule has 0 aliphatic carbocycles. The van der Waals surface area contributed by atoms with Gasteiger partial charge >= 0.3 is 0 Å². The molecule has 2 rings (SSSR count). The maximum Gasteiger partial charge on any atom is 0.105 e. The van der Waals surface area contributed by atoms with Crippen LogP contribution in [0, 0.1) is 6.92 Å². The van der Waals surface area contributed by atoms with Gasteiger partial charge in [-0.3, -0.25) is 4.68 Å². The molecule has 0 saturated heterocycles. The summed E-state index contributed by atoms with van der Waals surface area (Å²) in [4.78, 5) is 4.17. The average molecular weight is 234 g/mol. The Hall–Kier alpha value is -1.69. The van der Waals surface area contributed by atoms with Crippen LogP contribution in [0.25, 0.3) is 0 Å². The molecule has 0 radical (unpaired) electrons. The van der Waals surface area contributed by atoms with Crippen molar-refractivity contribution in [1.29, 1.82) is 0 Å². The van der Waals surface area contributed by atoms with E-state index in [2.05, 4.69) is 19.9 Å². The maximum absolute atomic E-state index is 5.95. The van der Waals surface area contributed by atoms with Gasteiger partial charge in [0.15, 0.2) is 0 Å². The lowest BCUT2D eigenvalue weighted by Gasteiger charge is -2.13. The fourth-order valence-electron chi connectivity index (χ4n) is 1.55. The predicted molar refractivity (Wildman–Crippen MR) is 64.2 cm³/mol. The lowest BCUT2D eigenvalue weighted by atomic mass is 10.0. The Kier molecular flexibility index (Phi) is 2.97. The van der Waals surface area contributed by atoms with Crippen molar-refractivity contribution in [3.63, 3.8) is 0 Å². The van der Waals surface area contributed by atoms with Gasteiger partial charge < -0.3 is 10.3 Å². The average Bonchev–Trinajstić information content (AvgIpc) is 2.82. The zero-order chi connectivity index (χ0) is 12.5. The molecule has 0 atom stereocenters. The van der Waals surface area contributed by atoms with Crippen LogP contribution in [-0.4, -0.2) is 24.5 Å². The van der Waals surface area contributed by atoms with Crippen molar-refractivity contribution in [3.8, 4) is 0 Å². The van der Waals surface area contributed by atoms with Crippen molar-refractivity contribution in [2.45, 2.75) is 39.4 Å². The minimum Gasteiger partial charge on any atom is -0.333 e. The van der Waals surface area contributed by atoms with E-state index in [1.54, 1.807) is 6.20 Å². The Balaban J connectivity index is 2.01. The summed E-state index contributed by atoms with van der Waals surface area (Å²) in [5.41, 5.74) is 6.32. The van der Waals surface area contributed by atoms with Gasteiger partial charge in [0.2, 0.25) is 0 Å². The zero-order valence-corrected chi connectivity index (χ0v) is 10.5. The number of aryl methyl sites for hydroxylation is 3. The number of hydrogen-bond acceptors (Lipinski definition) is 4. The standard InChI is InChI=1S/C11H18N6/c1-9-13-4-5-16(9)6-7-17-8-10(14-15-17)11(2,3)12/h4-5,8H,6-7,12H2,1-3H3. The molecule has 2 heterocycles. The summed E-state index contributed by atoms with van der Waals surface area (Å²) < 4.78 is 3.89. The van der Waals surface area contributed by atoms with Crippen molar-refractivity contribution in [3.05, 3.63) is 30.1 Å². The topological polar surface area (TPSA) is 74.5 Å². The third-order valence-corrected chi connectivity index (χ3v) is 2.69. The second-order valence-corrected chi connectivity index (χ2v) is 4.76. The van der Waals surface area contributed by atoms with Gasteiger partial charge in [-0.15, -0.1) is 5.10 Å². The quantitative estimate of drug-likeness (QED) is 0.844. The van der Waals surface area contributed by atoms with E-state index in [1.807, 2.05) is 37.8 Å². The summed E-state index contributed by atoms with van der Waals surface area (Å²) in [5.74, 6) is 1.00. The van der Waals surface area contributed by atoms with Crippen LogP contribution in [0.3, 0.4) is 0 Å². The fourth-order valence-corrected chi connectivity index (χ4v) is 1.55. The van der Waals surface area contributed by atoms with Gasteiger partial charge in [0.05, 0.1) is 18.3 Å². The van der Waals surface area contributed by atoms with Gasteiger partial charge in [-0.2, -0.15) is 0 Å². The molecule has 0 amide bonds. The molecule has 0 aliphatic heterocycles. The Morgan fingerprint density at radius 1 is 1.35 bits per heavy atom.